The number of ether oxygens (including phenoxy) is 1. The number of halogens is 3. The van der Waals surface area contributed by atoms with Gasteiger partial charge in [0.25, 0.3) is 6.43 Å². The molecular formula is C14H19ClF2N2O2. The number of benzene rings is 1. The van der Waals surface area contributed by atoms with Crippen LogP contribution in [0.4, 0.5) is 14.5 Å². The van der Waals surface area contributed by atoms with Crippen molar-refractivity contribution in [3.63, 3.8) is 0 Å². The summed E-state index contributed by atoms with van der Waals surface area (Å²) in [5, 5.41) is 5.72. The highest BCUT2D eigenvalue weighted by molar-refractivity contribution is 5.93. The van der Waals surface area contributed by atoms with Gasteiger partial charge in [0.05, 0.1) is 12.2 Å². The van der Waals surface area contributed by atoms with Crippen molar-refractivity contribution in [2.45, 2.75) is 19.3 Å². The van der Waals surface area contributed by atoms with Crippen molar-refractivity contribution in [3.8, 4) is 5.75 Å². The maximum Gasteiger partial charge on any atom is 0.272 e. The maximum absolute atomic E-state index is 12.1. The first-order chi connectivity index (χ1) is 9.65. The summed E-state index contributed by atoms with van der Waals surface area (Å²) >= 11 is 0. The fraction of sp³-hybridized carbons (Fsp3) is 0.500. The topological polar surface area (TPSA) is 50.4 Å². The molecule has 2 rings (SSSR count). The third kappa shape index (κ3) is 6.73. The van der Waals surface area contributed by atoms with Gasteiger partial charge in [0.15, 0.2) is 0 Å². The van der Waals surface area contributed by atoms with Crippen molar-refractivity contribution in [1.29, 1.82) is 0 Å². The van der Waals surface area contributed by atoms with E-state index >= 15 is 0 Å². The summed E-state index contributed by atoms with van der Waals surface area (Å²) < 4.78 is 29.2. The Morgan fingerprint density at radius 1 is 1.33 bits per heavy atom. The molecule has 4 nitrogen and oxygen atoms in total. The Hall–Kier alpha value is -1.40. The van der Waals surface area contributed by atoms with Crippen molar-refractivity contribution in [1.82, 2.24) is 5.32 Å². The van der Waals surface area contributed by atoms with E-state index in [-0.39, 0.29) is 30.6 Å². The van der Waals surface area contributed by atoms with Crippen molar-refractivity contribution in [3.05, 3.63) is 24.3 Å². The zero-order chi connectivity index (χ0) is 14.4. The van der Waals surface area contributed by atoms with Crippen molar-refractivity contribution in [2.75, 3.05) is 25.0 Å². The minimum atomic E-state index is -2.54. The Morgan fingerprint density at radius 2 is 2.05 bits per heavy atom. The lowest BCUT2D eigenvalue weighted by atomic mass is 10.3. The molecular weight excluding hydrogens is 302 g/mol. The Morgan fingerprint density at radius 3 is 2.71 bits per heavy atom. The van der Waals surface area contributed by atoms with Gasteiger partial charge in [0.2, 0.25) is 5.91 Å². The number of alkyl halides is 2. The lowest BCUT2D eigenvalue weighted by Gasteiger charge is -2.12. The summed E-state index contributed by atoms with van der Waals surface area (Å²) in [6, 6.07) is 6.56. The predicted molar refractivity (Wildman–Crippen MR) is 79.4 cm³/mol. The lowest BCUT2D eigenvalue weighted by Crippen LogP contribution is -2.29. The van der Waals surface area contributed by atoms with E-state index in [1.807, 2.05) is 0 Å². The van der Waals surface area contributed by atoms with Crippen LogP contribution < -0.4 is 15.4 Å². The molecule has 0 radical (unpaired) electrons. The van der Waals surface area contributed by atoms with E-state index in [0.717, 1.165) is 6.54 Å². The number of hydrogen-bond donors (Lipinski definition) is 2. The van der Waals surface area contributed by atoms with Gasteiger partial charge in [0, 0.05) is 0 Å². The van der Waals surface area contributed by atoms with E-state index in [9.17, 15) is 13.6 Å². The zero-order valence-corrected chi connectivity index (χ0v) is 12.3. The molecule has 0 atom stereocenters. The number of carbonyl (C=O) groups is 1. The number of hydrogen-bond acceptors (Lipinski definition) is 3. The van der Waals surface area contributed by atoms with Crippen LogP contribution in [0.2, 0.25) is 0 Å². The van der Waals surface area contributed by atoms with E-state index in [0.29, 0.717) is 11.6 Å². The molecule has 2 N–H and O–H groups in total. The molecule has 0 bridgehead atoms. The normalized spacial score (nSPS) is 13.7. The van der Waals surface area contributed by atoms with Crippen LogP contribution in [0.3, 0.4) is 0 Å². The molecule has 7 heteroatoms. The summed E-state index contributed by atoms with van der Waals surface area (Å²) in [6.07, 6.45) is -0.100. The Balaban J connectivity index is 0.00000220. The van der Waals surface area contributed by atoms with E-state index in [2.05, 4.69) is 10.6 Å². The molecule has 0 heterocycles. The second kappa shape index (κ2) is 8.79. The van der Waals surface area contributed by atoms with E-state index in [4.69, 9.17) is 4.74 Å². The highest BCUT2D eigenvalue weighted by Crippen LogP contribution is 2.27. The van der Waals surface area contributed by atoms with E-state index in [1.54, 1.807) is 24.3 Å². The van der Waals surface area contributed by atoms with Gasteiger partial charge in [-0.1, -0.05) is 12.1 Å². The lowest BCUT2D eigenvalue weighted by molar-refractivity contribution is -0.115. The smallest absolute Gasteiger partial charge is 0.272 e. The van der Waals surface area contributed by atoms with Crippen LogP contribution in [0.5, 0.6) is 5.75 Å². The molecule has 0 spiro atoms. The van der Waals surface area contributed by atoms with Crippen LogP contribution in [0.15, 0.2) is 24.3 Å². The molecule has 1 aromatic carbocycles. The SMILES string of the molecule is Cl.O=C(CNCC1CC1)Nc1ccccc1OCC(F)F. The number of para-hydroxylation sites is 2. The van der Waals surface area contributed by atoms with Crippen LogP contribution in [0.25, 0.3) is 0 Å². The molecule has 1 aliphatic rings. The molecule has 0 unspecified atom stereocenters. The fourth-order valence-corrected chi connectivity index (χ4v) is 1.75. The monoisotopic (exact) mass is 320 g/mol. The number of anilines is 1. The van der Waals surface area contributed by atoms with Crippen LogP contribution in [-0.2, 0) is 4.79 Å². The Bertz CT molecular complexity index is 456. The van der Waals surface area contributed by atoms with Gasteiger partial charge in [-0.2, -0.15) is 0 Å². The maximum atomic E-state index is 12.1. The molecule has 1 aliphatic carbocycles. The van der Waals surface area contributed by atoms with Gasteiger partial charge >= 0.3 is 0 Å². The molecule has 21 heavy (non-hydrogen) atoms. The quantitative estimate of drug-likeness (QED) is 0.774. The summed E-state index contributed by atoms with van der Waals surface area (Å²) in [4.78, 5) is 11.7. The highest BCUT2D eigenvalue weighted by atomic mass is 35.5. The first-order valence-electron chi connectivity index (χ1n) is 6.65. The zero-order valence-electron chi connectivity index (χ0n) is 11.5. The molecule has 0 saturated heterocycles. The van der Waals surface area contributed by atoms with Crippen LogP contribution in [-0.4, -0.2) is 32.0 Å². The third-order valence-corrected chi connectivity index (χ3v) is 2.94. The van der Waals surface area contributed by atoms with Crippen LogP contribution in [0.1, 0.15) is 12.8 Å². The van der Waals surface area contributed by atoms with E-state index in [1.165, 1.54) is 12.8 Å². The van der Waals surface area contributed by atoms with Gasteiger partial charge in [-0.25, -0.2) is 8.78 Å². The highest BCUT2D eigenvalue weighted by Gasteiger charge is 2.20. The molecule has 1 saturated carbocycles. The van der Waals surface area contributed by atoms with Crippen molar-refractivity contribution < 1.29 is 18.3 Å². The molecule has 118 valence electrons. The van der Waals surface area contributed by atoms with Gasteiger partial charge in [-0.15, -0.1) is 12.4 Å². The third-order valence-electron chi connectivity index (χ3n) is 2.94. The van der Waals surface area contributed by atoms with Gasteiger partial charge < -0.3 is 15.4 Å². The van der Waals surface area contributed by atoms with Gasteiger partial charge in [0.1, 0.15) is 12.4 Å². The summed E-state index contributed by atoms with van der Waals surface area (Å²) in [6.45, 7) is 0.365. The average Bonchev–Trinajstić information content (AvgIpc) is 3.22. The Labute approximate surface area is 128 Å². The van der Waals surface area contributed by atoms with Crippen LogP contribution in [0, 0.1) is 5.92 Å². The van der Waals surface area contributed by atoms with Gasteiger partial charge in [-0.3, -0.25) is 4.79 Å². The number of carbonyl (C=O) groups excluding carboxylic acids is 1. The van der Waals surface area contributed by atoms with Crippen molar-refractivity contribution >= 4 is 24.0 Å². The fourth-order valence-electron chi connectivity index (χ4n) is 1.75. The first-order valence-corrected chi connectivity index (χ1v) is 6.65. The van der Waals surface area contributed by atoms with E-state index < -0.39 is 13.0 Å². The Kier molecular flexibility index (Phi) is 7.39. The average molecular weight is 321 g/mol. The number of nitrogens with one attached hydrogen (secondary N) is 2. The van der Waals surface area contributed by atoms with Crippen molar-refractivity contribution in [2.24, 2.45) is 5.92 Å². The minimum absolute atomic E-state index is 0. The number of rotatable bonds is 8. The predicted octanol–water partition coefficient (Wildman–Crippen LogP) is 2.69. The second-order valence-corrected chi connectivity index (χ2v) is 4.82. The summed E-state index contributed by atoms with van der Waals surface area (Å²) in [7, 11) is 0. The molecule has 1 aromatic rings. The second-order valence-electron chi connectivity index (χ2n) is 4.82. The summed E-state index contributed by atoms with van der Waals surface area (Å²) in [5.41, 5.74) is 0.409. The molecule has 1 amide bonds. The summed E-state index contributed by atoms with van der Waals surface area (Å²) in [5.74, 6) is 0.742. The number of amides is 1. The molecule has 0 aromatic heterocycles. The first kappa shape index (κ1) is 17.7. The van der Waals surface area contributed by atoms with Gasteiger partial charge in [-0.05, 0) is 37.4 Å². The standard InChI is InChI=1S/C14H18F2N2O2.ClH/c15-13(16)9-20-12-4-2-1-3-11(12)18-14(19)8-17-7-10-5-6-10;/h1-4,10,13,17H,5-9H2,(H,18,19);1H. The molecule has 0 aliphatic heterocycles. The van der Waals surface area contributed by atoms with Crippen LogP contribution >= 0.6 is 12.4 Å². The minimum Gasteiger partial charge on any atom is -0.485 e. The molecule has 1 fully saturated rings. The largest absolute Gasteiger partial charge is 0.485 e.